The van der Waals surface area contributed by atoms with Crippen LogP contribution in [0, 0.1) is 0 Å². The number of carbonyl (C=O) groups is 1. The summed E-state index contributed by atoms with van der Waals surface area (Å²) in [7, 11) is 0. The lowest BCUT2D eigenvalue weighted by molar-refractivity contribution is 0.0867. The second-order valence-corrected chi connectivity index (χ2v) is 5.18. The van der Waals surface area contributed by atoms with Gasteiger partial charge in [-0.25, -0.2) is 4.98 Å². The van der Waals surface area contributed by atoms with Crippen molar-refractivity contribution < 1.29 is 4.79 Å². The van der Waals surface area contributed by atoms with E-state index >= 15 is 0 Å². The van der Waals surface area contributed by atoms with Gasteiger partial charge < -0.3 is 9.88 Å². The zero-order valence-corrected chi connectivity index (χ0v) is 10.4. The van der Waals surface area contributed by atoms with Crippen LogP contribution in [0.4, 0.5) is 0 Å². The summed E-state index contributed by atoms with van der Waals surface area (Å²) in [5, 5.41) is 3.06. The molecule has 3 rings (SSSR count). The van der Waals surface area contributed by atoms with Crippen LogP contribution in [-0.2, 0) is 0 Å². The Morgan fingerprint density at radius 1 is 1.33 bits per heavy atom. The van der Waals surface area contributed by atoms with Gasteiger partial charge in [-0.3, -0.25) is 4.79 Å². The maximum absolute atomic E-state index is 12.1. The molecule has 1 atom stereocenters. The number of fused-ring (bicyclic) bond motifs is 1. The zero-order chi connectivity index (χ0) is 12.8. The number of amides is 1. The average molecular weight is 241 g/mol. The van der Waals surface area contributed by atoms with E-state index in [0.717, 1.165) is 11.1 Å². The predicted molar refractivity (Wildman–Crippen MR) is 68.4 cm³/mol. The maximum Gasteiger partial charge on any atom is 0.252 e. The van der Waals surface area contributed by atoms with Crippen molar-refractivity contribution in [2.45, 2.75) is 25.4 Å². The molecule has 1 N–H and O–H groups in total. The van der Waals surface area contributed by atoms with Crippen LogP contribution in [0.2, 0.25) is 0 Å². The first-order valence-electron chi connectivity index (χ1n) is 5.98. The first-order chi connectivity index (χ1) is 8.59. The van der Waals surface area contributed by atoms with Gasteiger partial charge >= 0.3 is 0 Å². The number of hydrogen-bond acceptors (Lipinski definition) is 2. The van der Waals surface area contributed by atoms with Crippen molar-refractivity contribution in [3.05, 3.63) is 54.1 Å². The largest absolute Gasteiger partial charge is 0.345 e. The summed E-state index contributed by atoms with van der Waals surface area (Å²) in [6.07, 6.45) is 5.48. The van der Waals surface area contributed by atoms with Gasteiger partial charge in [-0.05, 0) is 25.5 Å². The molecule has 1 aliphatic heterocycles. The molecule has 1 aromatic carbocycles. The fourth-order valence-corrected chi connectivity index (χ4v) is 2.71. The second-order valence-electron chi connectivity index (χ2n) is 5.18. The highest BCUT2D eigenvalue weighted by atomic mass is 16.1. The molecule has 1 aromatic heterocycles. The number of hydrogen-bond donors (Lipinski definition) is 1. The van der Waals surface area contributed by atoms with E-state index < -0.39 is 0 Å². The van der Waals surface area contributed by atoms with Crippen molar-refractivity contribution in [1.29, 1.82) is 0 Å². The van der Waals surface area contributed by atoms with E-state index in [0.29, 0.717) is 0 Å². The lowest BCUT2D eigenvalue weighted by Gasteiger charge is -2.41. The van der Waals surface area contributed by atoms with Gasteiger partial charge in [0, 0.05) is 18.0 Å². The molecule has 2 aromatic rings. The van der Waals surface area contributed by atoms with Crippen LogP contribution >= 0.6 is 0 Å². The third-order valence-corrected chi connectivity index (χ3v) is 3.44. The van der Waals surface area contributed by atoms with Gasteiger partial charge in [0.15, 0.2) is 0 Å². The Morgan fingerprint density at radius 3 is 2.83 bits per heavy atom. The van der Waals surface area contributed by atoms with Gasteiger partial charge in [-0.2, -0.15) is 0 Å². The first kappa shape index (κ1) is 11.0. The van der Waals surface area contributed by atoms with E-state index in [2.05, 4.69) is 10.3 Å². The van der Waals surface area contributed by atoms with Crippen LogP contribution in [0.3, 0.4) is 0 Å². The number of nitrogens with zero attached hydrogens (tertiary/aromatic N) is 2. The predicted octanol–water partition coefficient (Wildman–Crippen LogP) is 1.99. The van der Waals surface area contributed by atoms with E-state index in [-0.39, 0.29) is 17.5 Å². The van der Waals surface area contributed by atoms with E-state index in [1.165, 1.54) is 0 Å². The highest BCUT2D eigenvalue weighted by Crippen LogP contribution is 2.35. The molecule has 0 radical (unpaired) electrons. The van der Waals surface area contributed by atoms with Crippen LogP contribution in [0.1, 0.15) is 35.8 Å². The number of benzene rings is 1. The number of carbonyl (C=O) groups excluding carboxylic acids is 1. The minimum absolute atomic E-state index is 0.00744. The van der Waals surface area contributed by atoms with E-state index in [9.17, 15) is 4.79 Å². The van der Waals surface area contributed by atoms with Gasteiger partial charge in [0.05, 0.1) is 17.9 Å². The molecule has 0 fully saturated rings. The molecule has 0 spiro atoms. The number of aromatic nitrogens is 2. The second kappa shape index (κ2) is 3.70. The van der Waals surface area contributed by atoms with E-state index in [1.54, 1.807) is 12.5 Å². The van der Waals surface area contributed by atoms with Crippen molar-refractivity contribution in [2.75, 3.05) is 0 Å². The molecule has 4 heteroatoms. The molecule has 18 heavy (non-hydrogen) atoms. The smallest absolute Gasteiger partial charge is 0.252 e. The van der Waals surface area contributed by atoms with Gasteiger partial charge in [0.2, 0.25) is 0 Å². The summed E-state index contributed by atoms with van der Waals surface area (Å²) in [6, 6.07) is 7.80. The van der Waals surface area contributed by atoms with Crippen molar-refractivity contribution >= 4 is 5.91 Å². The summed E-state index contributed by atoms with van der Waals surface area (Å²) in [4.78, 5) is 16.2. The number of rotatable bonds is 1. The molecule has 1 amide bonds. The monoisotopic (exact) mass is 241 g/mol. The fraction of sp³-hybridized carbons (Fsp3) is 0.286. The van der Waals surface area contributed by atoms with Crippen molar-refractivity contribution in [3.63, 3.8) is 0 Å². The molecular weight excluding hydrogens is 226 g/mol. The zero-order valence-electron chi connectivity index (χ0n) is 10.4. The molecule has 1 aliphatic rings. The SMILES string of the molecule is CC1(C)NC(=O)c2ccccc2[C@@H]1n1ccnc1. The summed E-state index contributed by atoms with van der Waals surface area (Å²) >= 11 is 0. The molecular formula is C14H15N3O. The Hall–Kier alpha value is -2.10. The summed E-state index contributed by atoms with van der Waals surface area (Å²) in [5.41, 5.74) is 1.45. The molecule has 0 aliphatic carbocycles. The van der Waals surface area contributed by atoms with Gasteiger partial charge in [-0.1, -0.05) is 18.2 Å². The Labute approximate surface area is 106 Å². The normalized spacial score (nSPS) is 21.2. The molecule has 92 valence electrons. The summed E-state index contributed by atoms with van der Waals surface area (Å²) in [6.45, 7) is 4.07. The van der Waals surface area contributed by atoms with Gasteiger partial charge in [0.1, 0.15) is 0 Å². The van der Waals surface area contributed by atoms with Crippen molar-refractivity contribution in [1.82, 2.24) is 14.9 Å². The topological polar surface area (TPSA) is 46.9 Å². The maximum atomic E-state index is 12.1. The molecule has 0 unspecified atom stereocenters. The van der Waals surface area contributed by atoms with Gasteiger partial charge in [-0.15, -0.1) is 0 Å². The Morgan fingerprint density at radius 2 is 2.11 bits per heavy atom. The van der Waals surface area contributed by atoms with Crippen LogP contribution < -0.4 is 5.32 Å². The molecule has 0 bridgehead atoms. The summed E-state index contributed by atoms with van der Waals surface area (Å²) in [5.74, 6) is -0.00744. The average Bonchev–Trinajstić information content (AvgIpc) is 2.81. The van der Waals surface area contributed by atoms with E-state index in [4.69, 9.17) is 0 Å². The van der Waals surface area contributed by atoms with Crippen molar-refractivity contribution in [3.8, 4) is 0 Å². The molecule has 4 nitrogen and oxygen atoms in total. The fourth-order valence-electron chi connectivity index (χ4n) is 2.71. The Kier molecular flexibility index (Phi) is 2.26. The van der Waals surface area contributed by atoms with Gasteiger partial charge in [0.25, 0.3) is 5.91 Å². The third-order valence-electron chi connectivity index (χ3n) is 3.44. The lowest BCUT2D eigenvalue weighted by atomic mass is 9.82. The standard InChI is InChI=1S/C14H15N3O/c1-14(2)12(17-8-7-15-9-17)10-5-3-4-6-11(10)13(18)16-14/h3-9,12H,1-2H3,(H,16,18)/t12-/m0/s1. The third kappa shape index (κ3) is 1.53. The minimum atomic E-state index is -0.341. The quantitative estimate of drug-likeness (QED) is 0.830. The first-order valence-corrected chi connectivity index (χ1v) is 5.98. The highest BCUT2D eigenvalue weighted by molar-refractivity contribution is 5.97. The molecule has 0 saturated heterocycles. The van der Waals surface area contributed by atoms with Crippen molar-refractivity contribution in [2.24, 2.45) is 0 Å². The summed E-state index contributed by atoms with van der Waals surface area (Å²) < 4.78 is 2.04. The molecule has 2 heterocycles. The number of nitrogens with one attached hydrogen (secondary N) is 1. The van der Waals surface area contributed by atoms with Crippen LogP contribution in [0.15, 0.2) is 43.0 Å². The van der Waals surface area contributed by atoms with Crippen LogP contribution in [0.5, 0.6) is 0 Å². The van der Waals surface area contributed by atoms with Crippen LogP contribution in [-0.4, -0.2) is 21.0 Å². The Bertz CT molecular complexity index is 587. The Balaban J connectivity index is 2.22. The lowest BCUT2D eigenvalue weighted by Crippen LogP contribution is -2.54. The molecule has 0 saturated carbocycles. The van der Waals surface area contributed by atoms with E-state index in [1.807, 2.05) is 48.9 Å². The number of imidazole rings is 1. The minimum Gasteiger partial charge on any atom is -0.345 e. The highest BCUT2D eigenvalue weighted by Gasteiger charge is 2.40. The van der Waals surface area contributed by atoms with Crippen LogP contribution in [0.25, 0.3) is 0 Å².